The lowest BCUT2D eigenvalue weighted by atomic mass is 9.81. The summed E-state index contributed by atoms with van der Waals surface area (Å²) < 4.78 is 13.8. The molecule has 0 bridgehead atoms. The van der Waals surface area contributed by atoms with Crippen molar-refractivity contribution in [2.45, 2.75) is 26.2 Å². The average molecular weight is 342 g/mol. The van der Waals surface area contributed by atoms with Gasteiger partial charge in [0.25, 0.3) is 0 Å². The number of hydrogen-bond donors (Lipinski definition) is 0. The van der Waals surface area contributed by atoms with Crippen LogP contribution in [-0.4, -0.2) is 11.8 Å². The van der Waals surface area contributed by atoms with Crippen LogP contribution in [0.1, 0.15) is 25.3 Å². The predicted molar refractivity (Wildman–Crippen MR) is 76.6 cm³/mol. The van der Waals surface area contributed by atoms with Gasteiger partial charge in [0.05, 0.1) is 0 Å². The highest BCUT2D eigenvalue weighted by Crippen LogP contribution is 2.34. The van der Waals surface area contributed by atoms with Crippen LogP contribution < -0.4 is 0 Å². The summed E-state index contributed by atoms with van der Waals surface area (Å²) in [6.45, 7) is 2.12. The second kappa shape index (κ2) is 6.96. The van der Waals surface area contributed by atoms with Crippen LogP contribution in [0.4, 0.5) is 4.39 Å². The van der Waals surface area contributed by atoms with E-state index in [1.165, 1.54) is 12.1 Å². The third-order valence-electron chi connectivity index (χ3n) is 2.93. The Kier molecular flexibility index (Phi) is 6.25. The lowest BCUT2D eigenvalue weighted by Crippen LogP contribution is -2.28. The molecule has 0 radical (unpaired) electrons. The summed E-state index contributed by atoms with van der Waals surface area (Å²) in [4.78, 5) is 0. The topological polar surface area (TPSA) is 0 Å². The zero-order chi connectivity index (χ0) is 12.9. The fraction of sp³-hybridized carbons (Fsp3) is 0.538. The maximum absolute atomic E-state index is 13.0. The molecule has 0 N–H and O–H groups in total. The Morgan fingerprint density at radius 3 is 2.41 bits per heavy atom. The van der Waals surface area contributed by atoms with Crippen LogP contribution in [0, 0.1) is 11.2 Å². The van der Waals surface area contributed by atoms with Crippen LogP contribution in [0.5, 0.6) is 0 Å². The minimum absolute atomic E-state index is 0.0990. The monoisotopic (exact) mass is 340 g/mol. The fourth-order valence-electron chi connectivity index (χ4n) is 1.95. The summed E-state index contributed by atoms with van der Waals surface area (Å²) in [6.07, 6.45) is 2.79. The van der Waals surface area contributed by atoms with Crippen LogP contribution in [0.3, 0.4) is 0 Å². The van der Waals surface area contributed by atoms with Gasteiger partial charge in [-0.25, -0.2) is 4.39 Å². The first-order chi connectivity index (χ1) is 8.06. The average Bonchev–Trinajstić information content (AvgIpc) is 2.32. The maximum Gasteiger partial charge on any atom is 0.124 e. The first kappa shape index (κ1) is 15.3. The van der Waals surface area contributed by atoms with Crippen molar-refractivity contribution < 1.29 is 4.39 Å². The SMILES string of the molecule is CCCC(CCl)(CCl)Cc1ccc(F)cc1Br. The number of hydrogen-bond acceptors (Lipinski definition) is 0. The molecule has 17 heavy (non-hydrogen) atoms. The van der Waals surface area contributed by atoms with E-state index in [1.54, 1.807) is 6.07 Å². The predicted octanol–water partition coefficient (Wildman–Crippen LogP) is 5.39. The van der Waals surface area contributed by atoms with E-state index >= 15 is 0 Å². The molecule has 0 saturated carbocycles. The lowest BCUT2D eigenvalue weighted by Gasteiger charge is -2.29. The van der Waals surface area contributed by atoms with Gasteiger partial charge in [0.1, 0.15) is 5.82 Å². The highest BCUT2D eigenvalue weighted by molar-refractivity contribution is 9.10. The van der Waals surface area contributed by atoms with Crippen molar-refractivity contribution >= 4 is 39.1 Å². The van der Waals surface area contributed by atoms with Gasteiger partial charge in [-0.2, -0.15) is 0 Å². The number of rotatable bonds is 6. The van der Waals surface area contributed by atoms with Gasteiger partial charge < -0.3 is 0 Å². The van der Waals surface area contributed by atoms with E-state index in [0.717, 1.165) is 29.3 Å². The molecule has 0 saturated heterocycles. The van der Waals surface area contributed by atoms with Gasteiger partial charge in [-0.05, 0) is 30.5 Å². The van der Waals surface area contributed by atoms with Gasteiger partial charge in [0, 0.05) is 21.6 Å². The van der Waals surface area contributed by atoms with Crippen molar-refractivity contribution in [1.29, 1.82) is 0 Å². The molecular weight excluding hydrogens is 326 g/mol. The minimum Gasteiger partial charge on any atom is -0.207 e. The molecule has 4 heteroatoms. The van der Waals surface area contributed by atoms with E-state index in [4.69, 9.17) is 23.2 Å². The van der Waals surface area contributed by atoms with E-state index in [1.807, 2.05) is 0 Å². The molecule has 0 aliphatic rings. The smallest absolute Gasteiger partial charge is 0.124 e. The number of benzene rings is 1. The van der Waals surface area contributed by atoms with Gasteiger partial charge in [-0.15, -0.1) is 23.2 Å². The Bertz CT molecular complexity index is 364. The van der Waals surface area contributed by atoms with Crippen molar-refractivity contribution in [2.24, 2.45) is 5.41 Å². The molecule has 0 unspecified atom stereocenters. The molecular formula is C13H16BrCl2F. The zero-order valence-corrected chi connectivity index (χ0v) is 12.9. The van der Waals surface area contributed by atoms with E-state index in [0.29, 0.717) is 11.8 Å². The van der Waals surface area contributed by atoms with Crippen molar-refractivity contribution in [3.05, 3.63) is 34.1 Å². The van der Waals surface area contributed by atoms with Crippen molar-refractivity contribution in [1.82, 2.24) is 0 Å². The Hall–Kier alpha value is 0.210. The van der Waals surface area contributed by atoms with Crippen LogP contribution in [0.2, 0.25) is 0 Å². The van der Waals surface area contributed by atoms with Crippen molar-refractivity contribution in [3.8, 4) is 0 Å². The van der Waals surface area contributed by atoms with Crippen molar-refractivity contribution in [2.75, 3.05) is 11.8 Å². The van der Waals surface area contributed by atoms with Gasteiger partial charge in [-0.3, -0.25) is 0 Å². The molecule has 96 valence electrons. The molecule has 0 nitrogen and oxygen atoms in total. The van der Waals surface area contributed by atoms with Crippen LogP contribution >= 0.6 is 39.1 Å². The summed E-state index contributed by atoms with van der Waals surface area (Å²) in [7, 11) is 0. The summed E-state index contributed by atoms with van der Waals surface area (Å²) in [5, 5.41) is 0. The molecule has 1 rings (SSSR count). The third kappa shape index (κ3) is 4.11. The summed E-state index contributed by atoms with van der Waals surface area (Å²) in [5.41, 5.74) is 0.958. The Morgan fingerprint density at radius 2 is 1.94 bits per heavy atom. The number of alkyl halides is 2. The largest absolute Gasteiger partial charge is 0.207 e. The van der Waals surface area contributed by atoms with Crippen LogP contribution in [0.25, 0.3) is 0 Å². The molecule has 0 aliphatic heterocycles. The minimum atomic E-state index is -0.238. The Balaban J connectivity index is 2.92. The molecule has 0 spiro atoms. The van der Waals surface area contributed by atoms with E-state index in [2.05, 4.69) is 22.9 Å². The maximum atomic E-state index is 13.0. The molecule has 0 atom stereocenters. The highest BCUT2D eigenvalue weighted by Gasteiger charge is 2.28. The van der Waals surface area contributed by atoms with Crippen molar-refractivity contribution in [3.63, 3.8) is 0 Å². The van der Waals surface area contributed by atoms with Gasteiger partial charge >= 0.3 is 0 Å². The Labute approximate surface area is 121 Å². The standard InChI is InChI=1S/C13H16BrCl2F/c1-2-5-13(8-15,9-16)7-10-3-4-11(17)6-12(10)14/h3-4,6H,2,5,7-9H2,1H3. The van der Waals surface area contributed by atoms with Gasteiger partial charge in [0.2, 0.25) is 0 Å². The summed E-state index contributed by atoms with van der Waals surface area (Å²) >= 11 is 15.5. The van der Waals surface area contributed by atoms with Gasteiger partial charge in [0.15, 0.2) is 0 Å². The normalized spacial score (nSPS) is 11.8. The second-order valence-corrected chi connectivity index (χ2v) is 5.82. The molecule has 1 aromatic rings. The van der Waals surface area contributed by atoms with Gasteiger partial charge in [-0.1, -0.05) is 35.3 Å². The first-order valence-electron chi connectivity index (χ1n) is 5.63. The quantitative estimate of drug-likeness (QED) is 0.608. The molecule has 0 fully saturated rings. The lowest BCUT2D eigenvalue weighted by molar-refractivity contribution is 0.340. The first-order valence-corrected chi connectivity index (χ1v) is 7.49. The summed E-state index contributed by atoms with van der Waals surface area (Å²) in [6, 6.07) is 4.75. The van der Waals surface area contributed by atoms with Crippen LogP contribution in [-0.2, 0) is 6.42 Å². The number of halogens is 4. The van der Waals surface area contributed by atoms with Crippen LogP contribution in [0.15, 0.2) is 22.7 Å². The zero-order valence-electron chi connectivity index (χ0n) is 9.78. The Morgan fingerprint density at radius 1 is 1.29 bits per heavy atom. The van der Waals surface area contributed by atoms with E-state index in [-0.39, 0.29) is 11.2 Å². The van der Waals surface area contributed by atoms with E-state index in [9.17, 15) is 4.39 Å². The second-order valence-electron chi connectivity index (χ2n) is 4.43. The molecule has 0 amide bonds. The molecule has 0 aromatic heterocycles. The van der Waals surface area contributed by atoms with E-state index < -0.39 is 0 Å². The molecule has 1 aromatic carbocycles. The highest BCUT2D eigenvalue weighted by atomic mass is 79.9. The third-order valence-corrected chi connectivity index (χ3v) is 4.80. The molecule has 0 aliphatic carbocycles. The molecule has 0 heterocycles. The fourth-order valence-corrected chi connectivity index (χ4v) is 3.18. The summed E-state index contributed by atoms with van der Waals surface area (Å²) in [5.74, 6) is 0.806.